The SMILES string of the molecule is CCOC(=O)c1cc(-c2ccccc2)ccc1NC(=O)C1CCCN(C(=O)CC)C1. The van der Waals surface area contributed by atoms with Crippen molar-refractivity contribution >= 4 is 23.5 Å². The highest BCUT2D eigenvalue weighted by Crippen LogP contribution is 2.27. The zero-order chi connectivity index (χ0) is 21.5. The fraction of sp³-hybridized carbons (Fsp3) is 0.375. The van der Waals surface area contributed by atoms with E-state index in [1.165, 1.54) is 0 Å². The molecule has 2 amide bonds. The van der Waals surface area contributed by atoms with E-state index in [9.17, 15) is 14.4 Å². The van der Waals surface area contributed by atoms with Crippen molar-refractivity contribution in [3.05, 3.63) is 54.1 Å². The molecule has 2 aromatic rings. The molecule has 0 bridgehead atoms. The Morgan fingerprint density at radius 2 is 1.83 bits per heavy atom. The first-order valence-corrected chi connectivity index (χ1v) is 10.5. The Labute approximate surface area is 177 Å². The second-order valence-electron chi connectivity index (χ2n) is 7.37. The van der Waals surface area contributed by atoms with Crippen LogP contribution in [0.5, 0.6) is 0 Å². The van der Waals surface area contributed by atoms with E-state index < -0.39 is 5.97 Å². The molecule has 2 aromatic carbocycles. The zero-order valence-corrected chi connectivity index (χ0v) is 17.5. The van der Waals surface area contributed by atoms with E-state index in [0.717, 1.165) is 24.0 Å². The Kier molecular flexibility index (Phi) is 7.22. The van der Waals surface area contributed by atoms with Crippen molar-refractivity contribution < 1.29 is 19.1 Å². The maximum Gasteiger partial charge on any atom is 0.340 e. The number of amides is 2. The number of esters is 1. The molecule has 6 heteroatoms. The summed E-state index contributed by atoms with van der Waals surface area (Å²) in [5.41, 5.74) is 2.59. The van der Waals surface area contributed by atoms with Crippen molar-refractivity contribution in [3.8, 4) is 11.1 Å². The van der Waals surface area contributed by atoms with Gasteiger partial charge in [-0.15, -0.1) is 0 Å². The normalized spacial score (nSPS) is 16.1. The lowest BCUT2D eigenvalue weighted by Crippen LogP contribution is -2.43. The highest BCUT2D eigenvalue weighted by atomic mass is 16.5. The third kappa shape index (κ3) is 5.06. The molecule has 158 valence electrons. The quantitative estimate of drug-likeness (QED) is 0.730. The second kappa shape index (κ2) is 10.1. The molecule has 1 unspecified atom stereocenters. The average Bonchev–Trinajstić information content (AvgIpc) is 2.79. The van der Waals surface area contributed by atoms with Crippen molar-refractivity contribution in [1.29, 1.82) is 0 Å². The molecule has 6 nitrogen and oxygen atoms in total. The Hall–Kier alpha value is -3.15. The molecular weight excluding hydrogens is 380 g/mol. The molecule has 3 rings (SSSR count). The molecule has 1 aliphatic rings. The molecule has 30 heavy (non-hydrogen) atoms. The topological polar surface area (TPSA) is 75.7 Å². The monoisotopic (exact) mass is 408 g/mol. The van der Waals surface area contributed by atoms with Crippen LogP contribution in [0.1, 0.15) is 43.5 Å². The minimum absolute atomic E-state index is 0.0620. The summed E-state index contributed by atoms with van der Waals surface area (Å²) >= 11 is 0. The summed E-state index contributed by atoms with van der Waals surface area (Å²) in [6, 6.07) is 15.1. The predicted octanol–water partition coefficient (Wildman–Crippen LogP) is 4.12. The largest absolute Gasteiger partial charge is 0.462 e. The highest BCUT2D eigenvalue weighted by Gasteiger charge is 2.28. The van der Waals surface area contributed by atoms with Crippen LogP contribution in [-0.4, -0.2) is 42.4 Å². The van der Waals surface area contributed by atoms with Gasteiger partial charge >= 0.3 is 5.97 Å². The van der Waals surface area contributed by atoms with E-state index >= 15 is 0 Å². The van der Waals surface area contributed by atoms with Crippen molar-refractivity contribution in [2.24, 2.45) is 5.92 Å². The number of carbonyl (C=O) groups excluding carboxylic acids is 3. The molecule has 1 aliphatic heterocycles. The number of carbonyl (C=O) groups is 3. The first-order chi connectivity index (χ1) is 14.5. The number of ether oxygens (including phenoxy) is 1. The predicted molar refractivity (Wildman–Crippen MR) is 116 cm³/mol. The van der Waals surface area contributed by atoms with Gasteiger partial charge in [0.25, 0.3) is 0 Å². The summed E-state index contributed by atoms with van der Waals surface area (Å²) in [6.07, 6.45) is 1.94. The van der Waals surface area contributed by atoms with Gasteiger partial charge < -0.3 is 15.0 Å². The molecule has 0 radical (unpaired) electrons. The summed E-state index contributed by atoms with van der Waals surface area (Å²) in [5.74, 6) is -0.886. The van der Waals surface area contributed by atoms with Gasteiger partial charge in [-0.05, 0) is 43.0 Å². The van der Waals surface area contributed by atoms with Gasteiger partial charge in [0, 0.05) is 19.5 Å². The van der Waals surface area contributed by atoms with Crippen LogP contribution < -0.4 is 5.32 Å². The van der Waals surface area contributed by atoms with Gasteiger partial charge in [-0.3, -0.25) is 9.59 Å². The summed E-state index contributed by atoms with van der Waals surface area (Å²) in [7, 11) is 0. The first-order valence-electron chi connectivity index (χ1n) is 10.5. The van der Waals surface area contributed by atoms with Crippen LogP contribution in [0.25, 0.3) is 11.1 Å². The summed E-state index contributed by atoms with van der Waals surface area (Å²) < 4.78 is 5.21. The maximum atomic E-state index is 12.9. The number of benzene rings is 2. The lowest BCUT2D eigenvalue weighted by molar-refractivity contribution is -0.134. The van der Waals surface area contributed by atoms with Crippen molar-refractivity contribution in [2.75, 3.05) is 25.0 Å². The number of likely N-dealkylation sites (tertiary alicyclic amines) is 1. The number of hydrogen-bond acceptors (Lipinski definition) is 4. The van der Waals surface area contributed by atoms with Crippen molar-refractivity contribution in [3.63, 3.8) is 0 Å². The van der Waals surface area contributed by atoms with Crippen molar-refractivity contribution in [1.82, 2.24) is 4.90 Å². The van der Waals surface area contributed by atoms with Crippen LogP contribution in [-0.2, 0) is 14.3 Å². The molecule has 1 N–H and O–H groups in total. The maximum absolute atomic E-state index is 12.9. The minimum atomic E-state index is -0.475. The Morgan fingerprint density at radius 3 is 2.53 bits per heavy atom. The van der Waals surface area contributed by atoms with E-state index in [2.05, 4.69) is 5.32 Å². The Bertz CT molecular complexity index is 911. The molecule has 1 heterocycles. The number of piperidine rings is 1. The van der Waals surface area contributed by atoms with Gasteiger partial charge in [0.15, 0.2) is 0 Å². The van der Waals surface area contributed by atoms with Gasteiger partial charge in [0.2, 0.25) is 11.8 Å². The first kappa shape index (κ1) is 21.6. The molecule has 0 spiro atoms. The third-order valence-electron chi connectivity index (χ3n) is 5.33. The van der Waals surface area contributed by atoms with Crippen LogP contribution in [0.2, 0.25) is 0 Å². The van der Waals surface area contributed by atoms with Gasteiger partial charge in [0.1, 0.15) is 0 Å². The molecule has 0 aliphatic carbocycles. The third-order valence-corrected chi connectivity index (χ3v) is 5.33. The molecule has 1 saturated heterocycles. The fourth-order valence-corrected chi connectivity index (χ4v) is 3.72. The second-order valence-corrected chi connectivity index (χ2v) is 7.37. The van der Waals surface area contributed by atoms with Crippen LogP contribution in [0.15, 0.2) is 48.5 Å². The van der Waals surface area contributed by atoms with Crippen LogP contribution in [0, 0.1) is 5.92 Å². The van der Waals surface area contributed by atoms with Gasteiger partial charge in [-0.2, -0.15) is 0 Å². The van der Waals surface area contributed by atoms with E-state index in [1.807, 2.05) is 43.3 Å². The van der Waals surface area contributed by atoms with E-state index in [1.54, 1.807) is 24.0 Å². The fourth-order valence-electron chi connectivity index (χ4n) is 3.72. The molecule has 1 atom stereocenters. The molecule has 0 aromatic heterocycles. The zero-order valence-electron chi connectivity index (χ0n) is 17.5. The van der Waals surface area contributed by atoms with Gasteiger partial charge in [0.05, 0.1) is 23.8 Å². The van der Waals surface area contributed by atoms with Crippen LogP contribution in [0.3, 0.4) is 0 Å². The number of hydrogen-bond donors (Lipinski definition) is 1. The number of nitrogens with zero attached hydrogens (tertiary/aromatic N) is 1. The molecular formula is C24H28N2O4. The highest BCUT2D eigenvalue weighted by molar-refractivity contribution is 6.03. The minimum Gasteiger partial charge on any atom is -0.462 e. The van der Waals surface area contributed by atoms with E-state index in [-0.39, 0.29) is 24.3 Å². The number of nitrogens with one attached hydrogen (secondary N) is 1. The van der Waals surface area contributed by atoms with Crippen LogP contribution >= 0.6 is 0 Å². The average molecular weight is 408 g/mol. The molecule has 0 saturated carbocycles. The van der Waals surface area contributed by atoms with Crippen LogP contribution in [0.4, 0.5) is 5.69 Å². The van der Waals surface area contributed by atoms with Gasteiger partial charge in [-0.25, -0.2) is 4.79 Å². The van der Waals surface area contributed by atoms with Gasteiger partial charge in [-0.1, -0.05) is 43.3 Å². The van der Waals surface area contributed by atoms with E-state index in [4.69, 9.17) is 4.74 Å². The lowest BCUT2D eigenvalue weighted by atomic mass is 9.96. The lowest BCUT2D eigenvalue weighted by Gasteiger charge is -2.32. The Morgan fingerprint density at radius 1 is 1.07 bits per heavy atom. The van der Waals surface area contributed by atoms with Crippen molar-refractivity contribution in [2.45, 2.75) is 33.1 Å². The smallest absolute Gasteiger partial charge is 0.340 e. The summed E-state index contributed by atoms with van der Waals surface area (Å²) in [4.78, 5) is 39.2. The molecule has 1 fully saturated rings. The van der Waals surface area contributed by atoms with E-state index in [0.29, 0.717) is 30.8 Å². The number of anilines is 1. The number of rotatable bonds is 6. The summed E-state index contributed by atoms with van der Waals surface area (Å²) in [5, 5.41) is 2.90. The standard InChI is InChI=1S/C24H28N2O4/c1-3-22(27)26-14-8-11-19(16-26)23(28)25-21-13-12-18(17-9-6-5-7-10-17)15-20(21)24(29)30-4-2/h5-7,9-10,12-13,15,19H,3-4,8,11,14,16H2,1-2H3,(H,25,28). The Balaban J connectivity index is 1.82. The summed E-state index contributed by atoms with van der Waals surface area (Å²) in [6.45, 7) is 4.93.